The number of nitrogens with one attached hydrogen (secondary N) is 2. The summed E-state index contributed by atoms with van der Waals surface area (Å²) in [5.74, 6) is 0. The van der Waals surface area contributed by atoms with Crippen LogP contribution in [0.1, 0.15) is 71.8 Å². The third-order valence-electron chi connectivity index (χ3n) is 5.85. The van der Waals surface area contributed by atoms with Gasteiger partial charge in [-0.2, -0.15) is 0 Å². The third kappa shape index (κ3) is 5.85. The van der Waals surface area contributed by atoms with E-state index in [2.05, 4.69) is 68.7 Å². The fourth-order valence-corrected chi connectivity index (χ4v) is 5.48. The van der Waals surface area contributed by atoms with Crippen LogP contribution >= 0.6 is 23.2 Å². The smallest absolute Gasteiger partial charge is 0.115 e. The van der Waals surface area contributed by atoms with Gasteiger partial charge in [-0.1, -0.05) is 70.9 Å². The Balaban J connectivity index is 2.35. The molecule has 2 nitrogen and oxygen atoms in total. The highest BCUT2D eigenvalue weighted by Crippen LogP contribution is 2.53. The molecular formula is C23H38Cl2N2. The van der Waals surface area contributed by atoms with Crippen LogP contribution in [0.3, 0.4) is 0 Å². The van der Waals surface area contributed by atoms with E-state index in [1.165, 1.54) is 12.0 Å². The molecule has 2 N–H and O–H groups in total. The summed E-state index contributed by atoms with van der Waals surface area (Å²) in [5, 5.41) is 7.46. The zero-order valence-corrected chi connectivity index (χ0v) is 19.1. The lowest BCUT2D eigenvalue weighted by Crippen LogP contribution is -2.70. The van der Waals surface area contributed by atoms with Crippen molar-refractivity contribution in [3.63, 3.8) is 0 Å². The Morgan fingerprint density at radius 2 is 1.63 bits per heavy atom. The Hall–Kier alpha value is -0.280. The van der Waals surface area contributed by atoms with Gasteiger partial charge in [0.25, 0.3) is 0 Å². The van der Waals surface area contributed by atoms with E-state index < -0.39 is 9.87 Å². The van der Waals surface area contributed by atoms with Gasteiger partial charge >= 0.3 is 0 Å². The minimum atomic E-state index is -0.634. The Morgan fingerprint density at radius 3 is 2.26 bits per heavy atom. The van der Waals surface area contributed by atoms with Gasteiger partial charge in [-0.25, -0.2) is 0 Å². The van der Waals surface area contributed by atoms with Crippen molar-refractivity contribution >= 4 is 23.2 Å². The molecule has 1 saturated carbocycles. The lowest BCUT2D eigenvalue weighted by atomic mass is 9.65. The molecule has 4 heteroatoms. The second-order valence-electron chi connectivity index (χ2n) is 9.01. The normalized spacial score (nSPS) is 30.4. The van der Waals surface area contributed by atoms with Crippen molar-refractivity contribution in [3.05, 3.63) is 35.9 Å². The van der Waals surface area contributed by atoms with Crippen LogP contribution in [0.4, 0.5) is 0 Å². The number of halogens is 2. The quantitative estimate of drug-likeness (QED) is 0.275. The average Bonchev–Trinajstić information content (AvgIpc) is 2.60. The Bertz CT molecular complexity index is 563. The summed E-state index contributed by atoms with van der Waals surface area (Å²) in [5.41, 5.74) is 1.39. The zero-order chi connectivity index (χ0) is 20.0. The first kappa shape index (κ1) is 23.0. The third-order valence-corrected chi connectivity index (χ3v) is 7.27. The summed E-state index contributed by atoms with van der Waals surface area (Å²) in [6.45, 7) is 11.0. The van der Waals surface area contributed by atoms with E-state index in [-0.39, 0.29) is 11.5 Å². The number of hydrogen-bond donors (Lipinski definition) is 2. The Kier molecular flexibility index (Phi) is 8.49. The SMILES string of the molecule is CCCCNC1CC(C)(C)CC(Cl)(NCCCC)C1(Cl)Cc1ccccc1. The summed E-state index contributed by atoms with van der Waals surface area (Å²) >= 11 is 14.9. The molecule has 154 valence electrons. The number of alkyl halides is 2. The van der Waals surface area contributed by atoms with Crippen molar-refractivity contribution < 1.29 is 0 Å². The molecule has 3 unspecified atom stereocenters. The Morgan fingerprint density at radius 1 is 1.00 bits per heavy atom. The zero-order valence-electron chi connectivity index (χ0n) is 17.6. The summed E-state index contributed by atoms with van der Waals surface area (Å²) in [4.78, 5) is -1.21. The van der Waals surface area contributed by atoms with Crippen LogP contribution in [-0.2, 0) is 6.42 Å². The number of rotatable bonds is 10. The molecule has 27 heavy (non-hydrogen) atoms. The van der Waals surface area contributed by atoms with Crippen molar-refractivity contribution in [1.82, 2.24) is 10.6 Å². The standard InChI is InChI=1S/C23H38Cl2N2/c1-5-7-14-26-20-17-21(3,4)18-23(25,27-15-8-6-2)22(20,24)16-19-12-10-9-11-13-19/h9-13,20,26-27H,5-8,14-18H2,1-4H3. The lowest BCUT2D eigenvalue weighted by Gasteiger charge is -2.56. The van der Waals surface area contributed by atoms with E-state index in [1.807, 2.05) is 0 Å². The fraction of sp³-hybridized carbons (Fsp3) is 0.739. The largest absolute Gasteiger partial charge is 0.312 e. The first-order valence-electron chi connectivity index (χ1n) is 10.7. The molecule has 0 bridgehead atoms. The highest BCUT2D eigenvalue weighted by atomic mass is 35.5. The van der Waals surface area contributed by atoms with Crippen LogP contribution in [0.25, 0.3) is 0 Å². The van der Waals surface area contributed by atoms with Gasteiger partial charge in [-0.3, -0.25) is 5.32 Å². The number of benzene rings is 1. The van der Waals surface area contributed by atoms with Crippen LogP contribution in [0.5, 0.6) is 0 Å². The van der Waals surface area contributed by atoms with Gasteiger partial charge in [0.1, 0.15) is 5.00 Å². The predicted octanol–water partition coefficient (Wildman–Crippen LogP) is 6.11. The van der Waals surface area contributed by atoms with Crippen molar-refractivity contribution in [3.8, 4) is 0 Å². The molecule has 2 rings (SSSR count). The highest BCUT2D eigenvalue weighted by Gasteiger charge is 2.59. The van der Waals surface area contributed by atoms with Gasteiger partial charge in [0.2, 0.25) is 0 Å². The topological polar surface area (TPSA) is 24.1 Å². The first-order chi connectivity index (χ1) is 12.8. The molecule has 0 radical (unpaired) electrons. The minimum Gasteiger partial charge on any atom is -0.312 e. The first-order valence-corrected chi connectivity index (χ1v) is 11.4. The maximum atomic E-state index is 7.51. The summed E-state index contributed by atoms with van der Waals surface area (Å²) in [6, 6.07) is 10.7. The molecule has 0 heterocycles. The van der Waals surface area contributed by atoms with Gasteiger partial charge in [0.15, 0.2) is 0 Å². The lowest BCUT2D eigenvalue weighted by molar-refractivity contribution is 0.0931. The number of unbranched alkanes of at least 4 members (excludes halogenated alkanes) is 2. The molecule has 3 atom stereocenters. The van der Waals surface area contributed by atoms with E-state index in [4.69, 9.17) is 23.2 Å². The molecule has 1 aliphatic carbocycles. The van der Waals surface area contributed by atoms with E-state index >= 15 is 0 Å². The van der Waals surface area contributed by atoms with Crippen LogP contribution < -0.4 is 10.6 Å². The van der Waals surface area contributed by atoms with E-state index in [9.17, 15) is 0 Å². The van der Waals surface area contributed by atoms with Gasteiger partial charge in [0, 0.05) is 6.04 Å². The van der Waals surface area contributed by atoms with Gasteiger partial charge in [0.05, 0.1) is 4.87 Å². The maximum Gasteiger partial charge on any atom is 0.115 e. The van der Waals surface area contributed by atoms with Crippen LogP contribution in [0, 0.1) is 5.41 Å². The monoisotopic (exact) mass is 412 g/mol. The van der Waals surface area contributed by atoms with Crippen molar-refractivity contribution in [2.24, 2.45) is 5.41 Å². The molecule has 0 aromatic heterocycles. The van der Waals surface area contributed by atoms with Crippen LogP contribution in [0.2, 0.25) is 0 Å². The van der Waals surface area contributed by atoms with E-state index in [0.717, 1.165) is 51.6 Å². The van der Waals surface area contributed by atoms with Crippen molar-refractivity contribution in [2.45, 2.75) is 88.6 Å². The summed E-state index contributed by atoms with van der Waals surface area (Å²) in [6.07, 6.45) is 7.27. The van der Waals surface area contributed by atoms with Crippen LogP contribution in [-0.4, -0.2) is 29.0 Å². The molecule has 1 fully saturated rings. The fourth-order valence-electron chi connectivity index (χ4n) is 4.39. The average molecular weight is 413 g/mol. The van der Waals surface area contributed by atoms with Gasteiger partial charge in [-0.15, -0.1) is 23.2 Å². The molecule has 1 aromatic rings. The molecule has 1 aliphatic rings. The van der Waals surface area contributed by atoms with Crippen molar-refractivity contribution in [1.29, 1.82) is 0 Å². The van der Waals surface area contributed by atoms with Crippen LogP contribution in [0.15, 0.2) is 30.3 Å². The molecule has 1 aromatic carbocycles. The van der Waals surface area contributed by atoms with E-state index in [1.54, 1.807) is 0 Å². The Labute approximate surface area is 176 Å². The maximum absolute atomic E-state index is 7.51. The van der Waals surface area contributed by atoms with Gasteiger partial charge in [-0.05, 0) is 56.2 Å². The number of hydrogen-bond acceptors (Lipinski definition) is 2. The van der Waals surface area contributed by atoms with Crippen molar-refractivity contribution in [2.75, 3.05) is 13.1 Å². The second-order valence-corrected chi connectivity index (χ2v) is 10.3. The van der Waals surface area contributed by atoms with E-state index in [0.29, 0.717) is 0 Å². The predicted molar refractivity (Wildman–Crippen MR) is 120 cm³/mol. The molecular weight excluding hydrogens is 375 g/mol. The minimum absolute atomic E-state index is 0.139. The molecule has 0 amide bonds. The highest BCUT2D eigenvalue weighted by molar-refractivity contribution is 6.35. The molecule has 0 aliphatic heterocycles. The summed E-state index contributed by atoms with van der Waals surface area (Å²) in [7, 11) is 0. The molecule has 0 spiro atoms. The summed E-state index contributed by atoms with van der Waals surface area (Å²) < 4.78 is 0. The second kappa shape index (κ2) is 9.96. The molecule has 0 saturated heterocycles. The van der Waals surface area contributed by atoms with Gasteiger partial charge < -0.3 is 5.32 Å².